The molecule has 140 valence electrons. The lowest BCUT2D eigenvalue weighted by atomic mass is 10.1. The molecule has 0 saturated heterocycles. The van der Waals surface area contributed by atoms with E-state index in [-0.39, 0.29) is 0 Å². The lowest BCUT2D eigenvalue weighted by Gasteiger charge is -2.11. The van der Waals surface area contributed by atoms with Crippen molar-refractivity contribution in [2.75, 3.05) is 0 Å². The van der Waals surface area contributed by atoms with E-state index in [0.717, 1.165) is 42.3 Å². The Kier molecular flexibility index (Phi) is 5.98. The van der Waals surface area contributed by atoms with E-state index >= 15 is 0 Å². The zero-order chi connectivity index (χ0) is 19.3. The topological polar surface area (TPSA) is 18.5 Å². The predicted octanol–water partition coefficient (Wildman–Crippen LogP) is 7.52. The van der Waals surface area contributed by atoms with Gasteiger partial charge in [-0.2, -0.15) is 0 Å². The van der Waals surface area contributed by atoms with E-state index in [1.165, 1.54) is 0 Å². The van der Waals surface area contributed by atoms with Gasteiger partial charge in [-0.25, -0.2) is 0 Å². The van der Waals surface area contributed by atoms with Gasteiger partial charge in [0.05, 0.1) is 0 Å². The highest BCUT2D eigenvalue weighted by atomic mass is 79.9. The molecule has 0 unspecified atom stereocenters. The molecule has 0 aromatic heterocycles. The number of fused-ring (bicyclic) bond motifs is 1. The molecule has 4 aromatic carbocycles. The van der Waals surface area contributed by atoms with Crippen LogP contribution in [0.4, 0.5) is 0 Å². The summed E-state index contributed by atoms with van der Waals surface area (Å²) in [5.41, 5.74) is 2.24. The Balaban J connectivity index is 1.49. The van der Waals surface area contributed by atoms with Crippen molar-refractivity contribution in [2.24, 2.45) is 0 Å². The van der Waals surface area contributed by atoms with Gasteiger partial charge in [-0.15, -0.1) is 0 Å². The Morgan fingerprint density at radius 1 is 0.536 bits per heavy atom. The SMILES string of the molecule is Brc1ccccc1COc1ccc2ccc(OCc3ccccc3Br)cc2c1. The van der Waals surface area contributed by atoms with Crippen molar-refractivity contribution in [3.8, 4) is 11.5 Å². The molecule has 0 fully saturated rings. The summed E-state index contributed by atoms with van der Waals surface area (Å²) in [6.07, 6.45) is 0. The second kappa shape index (κ2) is 8.80. The van der Waals surface area contributed by atoms with Gasteiger partial charge in [0.1, 0.15) is 24.7 Å². The van der Waals surface area contributed by atoms with E-state index in [0.29, 0.717) is 13.2 Å². The van der Waals surface area contributed by atoms with Gasteiger partial charge in [-0.1, -0.05) is 80.4 Å². The molecule has 0 spiro atoms. The van der Waals surface area contributed by atoms with Crippen LogP contribution >= 0.6 is 31.9 Å². The van der Waals surface area contributed by atoms with Crippen LogP contribution in [0.25, 0.3) is 10.8 Å². The van der Waals surface area contributed by atoms with Gasteiger partial charge >= 0.3 is 0 Å². The molecule has 0 N–H and O–H groups in total. The summed E-state index contributed by atoms with van der Waals surface area (Å²) < 4.78 is 14.1. The van der Waals surface area contributed by atoms with Gasteiger partial charge in [0.15, 0.2) is 0 Å². The Labute approximate surface area is 181 Å². The summed E-state index contributed by atoms with van der Waals surface area (Å²) in [5, 5.41) is 2.25. The Morgan fingerprint density at radius 3 is 1.46 bits per heavy atom. The summed E-state index contributed by atoms with van der Waals surface area (Å²) in [5.74, 6) is 1.68. The minimum atomic E-state index is 0.519. The lowest BCUT2D eigenvalue weighted by molar-refractivity contribution is 0.305. The molecule has 0 amide bonds. The average molecular weight is 498 g/mol. The van der Waals surface area contributed by atoms with Gasteiger partial charge in [0, 0.05) is 20.1 Å². The Morgan fingerprint density at radius 2 is 1.00 bits per heavy atom. The fourth-order valence-corrected chi connectivity index (χ4v) is 3.73. The highest BCUT2D eigenvalue weighted by Gasteiger charge is 2.04. The molecule has 2 nitrogen and oxygen atoms in total. The third-order valence-electron chi connectivity index (χ3n) is 4.49. The van der Waals surface area contributed by atoms with Crippen molar-refractivity contribution in [1.29, 1.82) is 0 Å². The standard InChI is InChI=1S/C24H18Br2O2/c25-23-7-3-1-5-18(23)15-27-21-11-9-17-10-12-22(14-20(17)13-21)28-16-19-6-2-4-8-24(19)26/h1-14H,15-16H2. The minimum absolute atomic E-state index is 0.519. The van der Waals surface area contributed by atoms with Crippen LogP contribution in [0.3, 0.4) is 0 Å². The first-order valence-electron chi connectivity index (χ1n) is 8.95. The first-order valence-corrected chi connectivity index (χ1v) is 10.5. The summed E-state index contributed by atoms with van der Waals surface area (Å²) in [6, 6.07) is 28.4. The average Bonchev–Trinajstić information content (AvgIpc) is 2.72. The van der Waals surface area contributed by atoms with Gasteiger partial charge in [-0.05, 0) is 47.2 Å². The van der Waals surface area contributed by atoms with Crippen LogP contribution in [-0.2, 0) is 13.2 Å². The zero-order valence-corrected chi connectivity index (χ0v) is 18.2. The van der Waals surface area contributed by atoms with Crippen LogP contribution in [-0.4, -0.2) is 0 Å². The molecular weight excluding hydrogens is 480 g/mol. The first kappa shape index (κ1) is 19.0. The second-order valence-electron chi connectivity index (χ2n) is 6.43. The molecule has 4 aromatic rings. The third-order valence-corrected chi connectivity index (χ3v) is 6.03. The van der Waals surface area contributed by atoms with Gasteiger partial charge in [0.2, 0.25) is 0 Å². The summed E-state index contributed by atoms with van der Waals surface area (Å²) in [6.45, 7) is 1.04. The number of benzene rings is 4. The van der Waals surface area contributed by atoms with Crippen LogP contribution in [0.5, 0.6) is 11.5 Å². The molecular formula is C24H18Br2O2. The van der Waals surface area contributed by atoms with Crippen LogP contribution in [0, 0.1) is 0 Å². The summed E-state index contributed by atoms with van der Waals surface area (Å²) in [7, 11) is 0. The van der Waals surface area contributed by atoms with Crippen molar-refractivity contribution in [1.82, 2.24) is 0 Å². The predicted molar refractivity (Wildman–Crippen MR) is 121 cm³/mol. The molecule has 0 aliphatic carbocycles. The smallest absolute Gasteiger partial charge is 0.120 e. The maximum absolute atomic E-state index is 5.99. The van der Waals surface area contributed by atoms with Crippen molar-refractivity contribution in [3.05, 3.63) is 105 Å². The van der Waals surface area contributed by atoms with Crippen molar-refractivity contribution in [2.45, 2.75) is 13.2 Å². The van der Waals surface area contributed by atoms with Crippen LogP contribution in [0.1, 0.15) is 11.1 Å². The second-order valence-corrected chi connectivity index (χ2v) is 8.14. The monoisotopic (exact) mass is 496 g/mol. The van der Waals surface area contributed by atoms with E-state index in [2.05, 4.69) is 68.3 Å². The molecule has 0 aliphatic rings. The van der Waals surface area contributed by atoms with Gasteiger partial charge in [-0.3, -0.25) is 0 Å². The first-order chi connectivity index (χ1) is 13.7. The van der Waals surface area contributed by atoms with Crippen molar-refractivity contribution >= 4 is 42.6 Å². The fourth-order valence-electron chi connectivity index (χ4n) is 2.94. The van der Waals surface area contributed by atoms with Gasteiger partial charge in [0.25, 0.3) is 0 Å². The maximum atomic E-state index is 5.99. The van der Waals surface area contributed by atoms with Gasteiger partial charge < -0.3 is 9.47 Å². The number of hydrogen-bond donors (Lipinski definition) is 0. The molecule has 4 heteroatoms. The van der Waals surface area contributed by atoms with E-state index in [1.54, 1.807) is 0 Å². The molecule has 0 heterocycles. The van der Waals surface area contributed by atoms with E-state index in [4.69, 9.17) is 9.47 Å². The summed E-state index contributed by atoms with van der Waals surface area (Å²) in [4.78, 5) is 0. The maximum Gasteiger partial charge on any atom is 0.120 e. The Hall–Kier alpha value is -2.30. The molecule has 0 atom stereocenters. The van der Waals surface area contributed by atoms with E-state index < -0.39 is 0 Å². The third kappa shape index (κ3) is 4.57. The normalized spacial score (nSPS) is 10.8. The van der Waals surface area contributed by atoms with E-state index in [1.807, 2.05) is 48.5 Å². The van der Waals surface area contributed by atoms with E-state index in [9.17, 15) is 0 Å². The highest BCUT2D eigenvalue weighted by molar-refractivity contribution is 9.10. The lowest BCUT2D eigenvalue weighted by Crippen LogP contribution is -1.97. The minimum Gasteiger partial charge on any atom is -0.489 e. The molecule has 28 heavy (non-hydrogen) atoms. The molecule has 0 bridgehead atoms. The quantitative estimate of drug-likeness (QED) is 0.274. The summed E-state index contributed by atoms with van der Waals surface area (Å²) >= 11 is 7.12. The van der Waals surface area contributed by atoms with Crippen molar-refractivity contribution < 1.29 is 9.47 Å². The van der Waals surface area contributed by atoms with Crippen LogP contribution in [0.2, 0.25) is 0 Å². The van der Waals surface area contributed by atoms with Crippen molar-refractivity contribution in [3.63, 3.8) is 0 Å². The number of rotatable bonds is 6. The molecule has 0 saturated carbocycles. The Bertz CT molecular complexity index is 1020. The number of ether oxygens (including phenoxy) is 2. The fraction of sp³-hybridized carbons (Fsp3) is 0.0833. The van der Waals surface area contributed by atoms with Crippen LogP contribution in [0.15, 0.2) is 93.9 Å². The largest absolute Gasteiger partial charge is 0.489 e. The zero-order valence-electron chi connectivity index (χ0n) is 15.1. The number of halogens is 2. The number of hydrogen-bond acceptors (Lipinski definition) is 2. The molecule has 0 aliphatic heterocycles. The van der Waals surface area contributed by atoms with Crippen LogP contribution < -0.4 is 9.47 Å². The molecule has 0 radical (unpaired) electrons. The highest BCUT2D eigenvalue weighted by Crippen LogP contribution is 2.27. The molecule has 4 rings (SSSR count).